The van der Waals surface area contributed by atoms with E-state index in [0.717, 1.165) is 19.6 Å². The number of likely N-dealkylation sites (tertiary alicyclic amines) is 1. The summed E-state index contributed by atoms with van der Waals surface area (Å²) in [7, 11) is 0. The van der Waals surface area contributed by atoms with Crippen LogP contribution >= 0.6 is 12.4 Å². The first kappa shape index (κ1) is 14.5. The molecule has 5 heteroatoms. The molecule has 4 nitrogen and oxygen atoms in total. The summed E-state index contributed by atoms with van der Waals surface area (Å²) in [5.74, 6) is 0.690. The normalized spacial score (nSPS) is 20.8. The Balaban J connectivity index is 0.00000144. The van der Waals surface area contributed by atoms with Crippen molar-refractivity contribution in [1.29, 1.82) is 0 Å². The van der Waals surface area contributed by atoms with Gasteiger partial charge in [-0.1, -0.05) is 0 Å². The van der Waals surface area contributed by atoms with Gasteiger partial charge < -0.3 is 5.73 Å². The average molecular weight is 259 g/mol. The van der Waals surface area contributed by atoms with E-state index in [4.69, 9.17) is 5.73 Å². The molecule has 0 amide bonds. The number of aromatic nitrogens is 2. The van der Waals surface area contributed by atoms with Crippen LogP contribution in [0.15, 0.2) is 12.3 Å². The summed E-state index contributed by atoms with van der Waals surface area (Å²) in [5, 5.41) is 4.36. The molecule has 98 valence electrons. The molecule has 1 atom stereocenters. The van der Waals surface area contributed by atoms with Crippen molar-refractivity contribution in [3.05, 3.63) is 18.0 Å². The molecule has 0 spiro atoms. The lowest BCUT2D eigenvalue weighted by Crippen LogP contribution is -2.24. The predicted molar refractivity (Wildman–Crippen MR) is 72.3 cm³/mol. The van der Waals surface area contributed by atoms with Crippen molar-refractivity contribution in [1.82, 2.24) is 14.7 Å². The van der Waals surface area contributed by atoms with Crippen LogP contribution < -0.4 is 5.73 Å². The summed E-state index contributed by atoms with van der Waals surface area (Å²) < 4.78 is 2.11. The van der Waals surface area contributed by atoms with E-state index in [9.17, 15) is 0 Å². The zero-order valence-electron chi connectivity index (χ0n) is 10.7. The van der Waals surface area contributed by atoms with Crippen molar-refractivity contribution in [3.63, 3.8) is 0 Å². The highest BCUT2D eigenvalue weighted by Gasteiger charge is 2.22. The van der Waals surface area contributed by atoms with Gasteiger partial charge in [0.15, 0.2) is 0 Å². The fraction of sp³-hybridized carbons (Fsp3) is 0.750. The molecule has 1 aromatic heterocycles. The molecule has 1 aliphatic heterocycles. The molecule has 2 N–H and O–H groups in total. The maximum absolute atomic E-state index is 5.70. The second-order valence-electron chi connectivity index (χ2n) is 4.99. The molecule has 0 aromatic carbocycles. The Morgan fingerprint density at radius 2 is 2.29 bits per heavy atom. The molecular weight excluding hydrogens is 236 g/mol. The Labute approximate surface area is 110 Å². The lowest BCUT2D eigenvalue weighted by molar-refractivity contribution is 0.302. The Morgan fingerprint density at radius 3 is 2.88 bits per heavy atom. The first-order valence-electron chi connectivity index (χ1n) is 6.15. The fourth-order valence-electron chi connectivity index (χ4n) is 2.41. The van der Waals surface area contributed by atoms with Crippen LogP contribution in [0.5, 0.6) is 0 Å². The van der Waals surface area contributed by atoms with Crippen LogP contribution in [0.3, 0.4) is 0 Å². The third kappa shape index (κ3) is 3.44. The highest BCUT2D eigenvalue weighted by Crippen LogP contribution is 2.18. The van der Waals surface area contributed by atoms with Gasteiger partial charge in [0.1, 0.15) is 0 Å². The molecule has 0 bridgehead atoms. The van der Waals surface area contributed by atoms with E-state index in [0.29, 0.717) is 12.0 Å². The average Bonchev–Trinajstić information content (AvgIpc) is 2.87. The van der Waals surface area contributed by atoms with Gasteiger partial charge in [0.05, 0.1) is 5.69 Å². The maximum Gasteiger partial charge on any atom is 0.0527 e. The van der Waals surface area contributed by atoms with Gasteiger partial charge >= 0.3 is 0 Å². The van der Waals surface area contributed by atoms with Gasteiger partial charge in [0, 0.05) is 25.3 Å². The SMILES string of the molecule is CC(C)n1nccc1CN1CCC(CN)C1.Cl. The van der Waals surface area contributed by atoms with Crippen LogP contribution in [0.4, 0.5) is 0 Å². The van der Waals surface area contributed by atoms with Gasteiger partial charge in [-0.25, -0.2) is 0 Å². The maximum atomic E-state index is 5.70. The smallest absolute Gasteiger partial charge is 0.0527 e. The van der Waals surface area contributed by atoms with Gasteiger partial charge in [-0.05, 0) is 45.3 Å². The van der Waals surface area contributed by atoms with E-state index in [1.54, 1.807) is 0 Å². The van der Waals surface area contributed by atoms with E-state index in [1.165, 1.54) is 18.7 Å². The van der Waals surface area contributed by atoms with Crippen molar-refractivity contribution in [2.75, 3.05) is 19.6 Å². The van der Waals surface area contributed by atoms with E-state index < -0.39 is 0 Å². The molecule has 0 aliphatic carbocycles. The summed E-state index contributed by atoms with van der Waals surface area (Å²) in [6.45, 7) is 8.48. The standard InChI is InChI=1S/C12H22N4.ClH/c1-10(2)16-12(3-5-14-16)9-15-6-4-11(7-13)8-15;/h3,5,10-11H,4,6-9,13H2,1-2H3;1H. The Bertz CT molecular complexity index is 337. The number of nitrogens with two attached hydrogens (primary N) is 1. The summed E-state index contributed by atoms with van der Waals surface area (Å²) in [5.41, 5.74) is 7.02. The predicted octanol–water partition coefficient (Wildman–Crippen LogP) is 1.67. The zero-order chi connectivity index (χ0) is 11.5. The second kappa shape index (κ2) is 6.38. The number of hydrogen-bond acceptors (Lipinski definition) is 3. The molecule has 1 fully saturated rings. The Kier molecular flexibility index (Phi) is 5.43. The first-order chi connectivity index (χ1) is 7.70. The molecule has 1 unspecified atom stereocenters. The summed E-state index contributed by atoms with van der Waals surface area (Å²) in [6, 6.07) is 2.56. The van der Waals surface area contributed by atoms with E-state index >= 15 is 0 Å². The van der Waals surface area contributed by atoms with Crippen molar-refractivity contribution in [2.45, 2.75) is 32.9 Å². The van der Waals surface area contributed by atoms with Crippen LogP contribution in [0, 0.1) is 5.92 Å². The lowest BCUT2D eigenvalue weighted by atomic mass is 10.1. The van der Waals surface area contributed by atoms with Crippen LogP contribution in [0.2, 0.25) is 0 Å². The van der Waals surface area contributed by atoms with E-state index in [2.05, 4.69) is 34.6 Å². The third-order valence-electron chi connectivity index (χ3n) is 3.33. The summed E-state index contributed by atoms with van der Waals surface area (Å²) in [4.78, 5) is 2.48. The lowest BCUT2D eigenvalue weighted by Gasteiger charge is -2.18. The monoisotopic (exact) mass is 258 g/mol. The highest BCUT2D eigenvalue weighted by atomic mass is 35.5. The van der Waals surface area contributed by atoms with E-state index in [1.807, 2.05) is 6.20 Å². The molecule has 0 saturated carbocycles. The van der Waals surface area contributed by atoms with Gasteiger partial charge in [-0.15, -0.1) is 12.4 Å². The van der Waals surface area contributed by atoms with Crippen LogP contribution in [-0.2, 0) is 6.54 Å². The van der Waals surface area contributed by atoms with Crippen molar-refractivity contribution < 1.29 is 0 Å². The number of hydrogen-bond donors (Lipinski definition) is 1. The quantitative estimate of drug-likeness (QED) is 0.894. The van der Waals surface area contributed by atoms with Crippen LogP contribution in [-0.4, -0.2) is 34.3 Å². The molecule has 17 heavy (non-hydrogen) atoms. The zero-order valence-corrected chi connectivity index (χ0v) is 11.5. The highest BCUT2D eigenvalue weighted by molar-refractivity contribution is 5.85. The first-order valence-corrected chi connectivity index (χ1v) is 6.15. The third-order valence-corrected chi connectivity index (χ3v) is 3.33. The summed E-state index contributed by atoms with van der Waals surface area (Å²) in [6.07, 6.45) is 3.14. The molecule has 1 saturated heterocycles. The van der Waals surface area contributed by atoms with Gasteiger partial charge in [0.25, 0.3) is 0 Å². The topological polar surface area (TPSA) is 47.1 Å². The summed E-state index contributed by atoms with van der Waals surface area (Å²) >= 11 is 0. The van der Waals surface area contributed by atoms with Crippen molar-refractivity contribution in [2.24, 2.45) is 11.7 Å². The molecule has 1 aliphatic rings. The molecular formula is C12H23ClN4. The van der Waals surface area contributed by atoms with Gasteiger partial charge in [0.2, 0.25) is 0 Å². The second-order valence-corrected chi connectivity index (χ2v) is 4.99. The fourth-order valence-corrected chi connectivity index (χ4v) is 2.41. The molecule has 1 aromatic rings. The van der Waals surface area contributed by atoms with Gasteiger partial charge in [-0.3, -0.25) is 9.58 Å². The number of rotatable bonds is 4. The van der Waals surface area contributed by atoms with Crippen LogP contribution in [0.25, 0.3) is 0 Å². The van der Waals surface area contributed by atoms with Crippen LogP contribution in [0.1, 0.15) is 32.0 Å². The molecule has 2 heterocycles. The minimum Gasteiger partial charge on any atom is -0.330 e. The van der Waals surface area contributed by atoms with Crippen molar-refractivity contribution >= 4 is 12.4 Å². The number of nitrogens with zero attached hydrogens (tertiary/aromatic N) is 3. The minimum absolute atomic E-state index is 0. The molecule has 2 rings (SSSR count). The van der Waals surface area contributed by atoms with Gasteiger partial charge in [-0.2, -0.15) is 5.10 Å². The Hall–Kier alpha value is -0.580. The largest absolute Gasteiger partial charge is 0.330 e. The minimum atomic E-state index is 0. The molecule has 0 radical (unpaired) electrons. The number of halogens is 1. The van der Waals surface area contributed by atoms with Crippen molar-refractivity contribution in [3.8, 4) is 0 Å². The Morgan fingerprint density at radius 1 is 1.53 bits per heavy atom. The van der Waals surface area contributed by atoms with E-state index in [-0.39, 0.29) is 12.4 Å².